The lowest BCUT2D eigenvalue weighted by molar-refractivity contribution is -0.139. The summed E-state index contributed by atoms with van der Waals surface area (Å²) >= 11 is 0. The van der Waals surface area contributed by atoms with Crippen LogP contribution < -0.4 is 16.0 Å². The molecule has 0 aromatic rings. The summed E-state index contributed by atoms with van der Waals surface area (Å²) < 4.78 is 24.1. The van der Waals surface area contributed by atoms with Crippen LogP contribution in [0.2, 0.25) is 0 Å². The third-order valence-electron chi connectivity index (χ3n) is 4.85. The number of nitrogens with one attached hydrogen (secondary N) is 3. The fourth-order valence-electron chi connectivity index (χ4n) is 2.88. The highest BCUT2D eigenvalue weighted by Gasteiger charge is 2.35. The van der Waals surface area contributed by atoms with Crippen LogP contribution in [0.15, 0.2) is 0 Å². The summed E-state index contributed by atoms with van der Waals surface area (Å²) in [6, 6.07) is 0. The minimum atomic E-state index is -3.60. The van der Waals surface area contributed by atoms with E-state index in [4.69, 9.17) is 5.11 Å². The van der Waals surface area contributed by atoms with Gasteiger partial charge in [0.1, 0.15) is 11.5 Å². The zero-order valence-corrected chi connectivity index (χ0v) is 17.3. The zero-order valence-electron chi connectivity index (χ0n) is 16.5. The van der Waals surface area contributed by atoms with Crippen molar-refractivity contribution in [1.29, 1.82) is 0 Å². The van der Waals surface area contributed by atoms with Gasteiger partial charge in [-0.3, -0.25) is 14.4 Å². The standard InChI is InChI=1S/C17H31N3O7S/c1-17(2,10-21)13(23)15(25)19-9-6-12(22)14(24)20-16(28(3,26)27)11-4-7-18-8-5-11/h11,13,16,18,21,23H,4-10H2,1-3H3,(H,19,25)(H,20,24). The van der Waals surface area contributed by atoms with Gasteiger partial charge in [0.05, 0.1) is 6.61 Å². The lowest BCUT2D eigenvalue weighted by Gasteiger charge is -2.29. The summed E-state index contributed by atoms with van der Waals surface area (Å²) in [5.41, 5.74) is -1.05. The molecule has 2 unspecified atom stereocenters. The Morgan fingerprint density at radius 2 is 1.79 bits per heavy atom. The minimum Gasteiger partial charge on any atom is -0.396 e. The van der Waals surface area contributed by atoms with Crippen molar-refractivity contribution in [2.24, 2.45) is 11.3 Å². The number of rotatable bonds is 10. The first kappa shape index (κ1) is 24.5. The van der Waals surface area contributed by atoms with E-state index in [0.29, 0.717) is 25.9 Å². The molecule has 162 valence electrons. The molecule has 10 nitrogen and oxygen atoms in total. The molecule has 0 spiro atoms. The van der Waals surface area contributed by atoms with Gasteiger partial charge in [0.15, 0.2) is 9.84 Å². The van der Waals surface area contributed by atoms with Crippen LogP contribution in [0, 0.1) is 11.3 Å². The fourth-order valence-corrected chi connectivity index (χ4v) is 4.17. The molecule has 0 aromatic carbocycles. The van der Waals surface area contributed by atoms with Crippen LogP contribution in [-0.4, -0.2) is 80.2 Å². The number of aliphatic hydroxyl groups is 2. The summed E-state index contributed by atoms with van der Waals surface area (Å²) in [5.74, 6) is -2.92. The molecule has 2 atom stereocenters. The Balaban J connectivity index is 2.57. The Labute approximate surface area is 165 Å². The Bertz CT molecular complexity index is 672. The molecule has 0 aliphatic carbocycles. The first-order valence-electron chi connectivity index (χ1n) is 9.20. The Hall–Kier alpha value is -1.56. The smallest absolute Gasteiger partial charge is 0.288 e. The number of amides is 2. The van der Waals surface area contributed by atoms with Crippen LogP contribution in [0.4, 0.5) is 0 Å². The van der Waals surface area contributed by atoms with Gasteiger partial charge in [-0.2, -0.15) is 0 Å². The van der Waals surface area contributed by atoms with Gasteiger partial charge in [-0.25, -0.2) is 8.42 Å². The lowest BCUT2D eigenvalue weighted by atomic mass is 9.87. The normalized spacial score (nSPS) is 18.2. The Kier molecular flexibility index (Phi) is 8.99. The number of hydrogen-bond acceptors (Lipinski definition) is 8. The van der Waals surface area contributed by atoms with Crippen molar-refractivity contribution in [3.8, 4) is 0 Å². The summed E-state index contributed by atoms with van der Waals surface area (Å²) in [6.07, 6.45) is 0.347. The van der Waals surface area contributed by atoms with Crippen molar-refractivity contribution >= 4 is 27.4 Å². The summed E-state index contributed by atoms with van der Waals surface area (Å²) in [4.78, 5) is 36.0. The highest BCUT2D eigenvalue weighted by molar-refractivity contribution is 7.91. The van der Waals surface area contributed by atoms with Crippen molar-refractivity contribution in [3.05, 3.63) is 0 Å². The largest absolute Gasteiger partial charge is 0.396 e. The average Bonchev–Trinajstić information content (AvgIpc) is 2.64. The maximum Gasteiger partial charge on any atom is 0.288 e. The van der Waals surface area contributed by atoms with Crippen LogP contribution in [0.3, 0.4) is 0 Å². The van der Waals surface area contributed by atoms with E-state index in [2.05, 4.69) is 16.0 Å². The van der Waals surface area contributed by atoms with E-state index >= 15 is 0 Å². The number of hydrogen-bond donors (Lipinski definition) is 5. The quantitative estimate of drug-likeness (QED) is 0.251. The van der Waals surface area contributed by atoms with Crippen LogP contribution in [0.25, 0.3) is 0 Å². The highest BCUT2D eigenvalue weighted by atomic mass is 32.2. The molecule has 11 heteroatoms. The predicted octanol–water partition coefficient (Wildman–Crippen LogP) is -2.07. The van der Waals surface area contributed by atoms with Crippen molar-refractivity contribution < 1.29 is 33.0 Å². The fraction of sp³-hybridized carbons (Fsp3) is 0.824. The third kappa shape index (κ3) is 7.12. The molecular weight excluding hydrogens is 390 g/mol. The van der Waals surface area contributed by atoms with Crippen molar-refractivity contribution in [2.45, 2.75) is 44.6 Å². The van der Waals surface area contributed by atoms with Gasteiger partial charge in [0, 0.05) is 24.6 Å². The predicted molar refractivity (Wildman–Crippen MR) is 102 cm³/mol. The number of piperidine rings is 1. The number of aliphatic hydroxyl groups excluding tert-OH is 2. The van der Waals surface area contributed by atoms with Crippen molar-refractivity contribution in [3.63, 3.8) is 0 Å². The molecule has 1 heterocycles. The second kappa shape index (κ2) is 10.3. The zero-order chi connectivity index (χ0) is 21.5. The first-order chi connectivity index (χ1) is 12.9. The number of sulfone groups is 1. The highest BCUT2D eigenvalue weighted by Crippen LogP contribution is 2.20. The molecule has 0 saturated carbocycles. The molecule has 28 heavy (non-hydrogen) atoms. The molecule has 5 N–H and O–H groups in total. The van der Waals surface area contributed by atoms with E-state index < -0.39 is 50.9 Å². The molecule has 1 saturated heterocycles. The van der Waals surface area contributed by atoms with E-state index in [1.807, 2.05) is 0 Å². The summed E-state index contributed by atoms with van der Waals surface area (Å²) in [5, 5.41) is 25.6. The Morgan fingerprint density at radius 3 is 2.29 bits per heavy atom. The number of carbonyl (C=O) groups is 3. The van der Waals surface area contributed by atoms with Crippen LogP contribution in [-0.2, 0) is 24.2 Å². The molecule has 2 amide bonds. The molecule has 0 aromatic heterocycles. The van der Waals surface area contributed by atoms with Crippen molar-refractivity contribution in [1.82, 2.24) is 16.0 Å². The lowest BCUT2D eigenvalue weighted by Crippen LogP contribution is -2.50. The number of Topliss-reactive ketones (excluding diaryl/α,β-unsaturated/α-hetero) is 1. The third-order valence-corrected chi connectivity index (χ3v) is 6.27. The maximum absolute atomic E-state index is 12.1. The second-order valence-electron chi connectivity index (χ2n) is 7.82. The molecule has 1 aliphatic rings. The maximum atomic E-state index is 12.1. The molecule has 1 rings (SSSR count). The monoisotopic (exact) mass is 421 g/mol. The second-order valence-corrected chi connectivity index (χ2v) is 9.99. The van der Waals surface area contributed by atoms with Gasteiger partial charge in [-0.1, -0.05) is 13.8 Å². The van der Waals surface area contributed by atoms with Crippen molar-refractivity contribution in [2.75, 3.05) is 32.5 Å². The SMILES string of the molecule is CC(C)(CO)C(O)C(=O)NCCC(=O)C(=O)NC(C1CCNCC1)S(C)(=O)=O. The molecule has 1 aliphatic heterocycles. The van der Waals surface area contributed by atoms with E-state index in [1.54, 1.807) is 0 Å². The van der Waals surface area contributed by atoms with Gasteiger partial charge in [-0.05, 0) is 31.8 Å². The van der Waals surface area contributed by atoms with Crippen LogP contribution in [0.5, 0.6) is 0 Å². The van der Waals surface area contributed by atoms with E-state index in [-0.39, 0.29) is 18.9 Å². The molecule has 0 radical (unpaired) electrons. The number of ketones is 1. The minimum absolute atomic E-state index is 0.194. The summed E-state index contributed by atoms with van der Waals surface area (Å²) in [7, 11) is -3.60. The van der Waals surface area contributed by atoms with Gasteiger partial charge in [0.25, 0.3) is 5.91 Å². The van der Waals surface area contributed by atoms with E-state index in [0.717, 1.165) is 6.26 Å². The first-order valence-corrected chi connectivity index (χ1v) is 11.2. The molecule has 0 bridgehead atoms. The number of carbonyl (C=O) groups excluding carboxylic acids is 3. The van der Waals surface area contributed by atoms with E-state index in [1.165, 1.54) is 13.8 Å². The van der Waals surface area contributed by atoms with Crippen LogP contribution >= 0.6 is 0 Å². The van der Waals surface area contributed by atoms with Gasteiger partial charge < -0.3 is 26.2 Å². The summed E-state index contributed by atoms with van der Waals surface area (Å²) in [6.45, 7) is 3.68. The Morgan fingerprint density at radius 1 is 1.21 bits per heavy atom. The topological polar surface area (TPSA) is 162 Å². The van der Waals surface area contributed by atoms with Gasteiger partial charge in [0.2, 0.25) is 11.7 Å². The van der Waals surface area contributed by atoms with Gasteiger partial charge in [-0.15, -0.1) is 0 Å². The van der Waals surface area contributed by atoms with E-state index in [9.17, 15) is 27.9 Å². The van der Waals surface area contributed by atoms with Gasteiger partial charge >= 0.3 is 0 Å². The molecule has 1 fully saturated rings. The molecular formula is C17H31N3O7S. The van der Waals surface area contributed by atoms with Crippen LogP contribution in [0.1, 0.15) is 33.1 Å². The average molecular weight is 422 g/mol.